The quantitative estimate of drug-likeness (QED) is 0.429. The minimum atomic E-state index is -0.601. The number of halogens is 1. The van der Waals surface area contributed by atoms with Gasteiger partial charge in [-0.15, -0.1) is 0 Å². The number of carbonyl (C=O) groups excluding carboxylic acids is 2. The van der Waals surface area contributed by atoms with E-state index in [1.54, 1.807) is 24.3 Å². The van der Waals surface area contributed by atoms with Crippen LogP contribution in [0.15, 0.2) is 53.7 Å². The number of fused-ring (bicyclic) bond motifs is 2. The number of amides is 1. The number of hydrogen-bond acceptors (Lipinski definition) is 4. The molecule has 0 spiro atoms. The van der Waals surface area contributed by atoms with Crippen molar-refractivity contribution in [2.24, 2.45) is 21.4 Å². The van der Waals surface area contributed by atoms with E-state index in [1.165, 1.54) is 5.56 Å². The average molecular weight is 453 g/mol. The summed E-state index contributed by atoms with van der Waals surface area (Å²) < 4.78 is 0. The van der Waals surface area contributed by atoms with Gasteiger partial charge in [0.25, 0.3) is 0 Å². The van der Waals surface area contributed by atoms with Crippen LogP contribution in [0, 0.1) is 16.2 Å². The van der Waals surface area contributed by atoms with Crippen LogP contribution < -0.4 is 5.32 Å². The van der Waals surface area contributed by atoms with E-state index in [0.717, 1.165) is 30.7 Å². The lowest BCUT2D eigenvalue weighted by Gasteiger charge is -2.39. The normalized spacial score (nSPS) is 26.8. The number of nitrogens with zero attached hydrogens (tertiary/aromatic N) is 1. The van der Waals surface area contributed by atoms with Crippen LogP contribution in [0.1, 0.15) is 62.9 Å². The summed E-state index contributed by atoms with van der Waals surface area (Å²) in [5, 5.41) is 7.96. The molecule has 32 heavy (non-hydrogen) atoms. The molecule has 0 aromatic heterocycles. The second kappa shape index (κ2) is 8.04. The summed E-state index contributed by atoms with van der Waals surface area (Å²) in [5.41, 5.74) is 1.92. The molecule has 0 aliphatic heterocycles. The monoisotopic (exact) mass is 452 g/mol. The van der Waals surface area contributed by atoms with Gasteiger partial charge < -0.3 is 10.2 Å². The molecule has 2 aromatic rings. The van der Waals surface area contributed by atoms with Crippen LogP contribution in [0.4, 0.5) is 5.69 Å². The molecule has 2 saturated carbocycles. The summed E-state index contributed by atoms with van der Waals surface area (Å²) in [5.74, 6) is -0.530. The first-order valence-electron chi connectivity index (χ1n) is 11.1. The predicted octanol–water partition coefficient (Wildman–Crippen LogP) is 6.27. The number of nitrogens with one attached hydrogen (secondary N) is 1. The molecule has 168 valence electrons. The van der Waals surface area contributed by atoms with Gasteiger partial charge in [0.15, 0.2) is 0 Å². The summed E-state index contributed by atoms with van der Waals surface area (Å²) in [7, 11) is 0. The molecule has 4 rings (SSSR count). The van der Waals surface area contributed by atoms with Crippen molar-refractivity contribution in [3.63, 3.8) is 0 Å². The number of anilines is 1. The first kappa shape index (κ1) is 22.5. The molecule has 2 atom stereocenters. The molecule has 2 unspecified atom stereocenters. The second-order valence-electron chi connectivity index (χ2n) is 9.64. The van der Waals surface area contributed by atoms with Crippen molar-refractivity contribution in [3.05, 3.63) is 64.7 Å². The minimum Gasteiger partial charge on any atom is -0.326 e. The van der Waals surface area contributed by atoms with Gasteiger partial charge in [0.2, 0.25) is 5.91 Å². The van der Waals surface area contributed by atoms with Gasteiger partial charge in [-0.05, 0) is 66.6 Å². The van der Waals surface area contributed by atoms with E-state index < -0.39 is 11.4 Å². The lowest BCUT2D eigenvalue weighted by Crippen LogP contribution is -2.43. The highest BCUT2D eigenvalue weighted by Gasteiger charge is 2.71. The number of oxime groups is 1. The first-order valence-corrected chi connectivity index (χ1v) is 11.5. The number of hydrogen-bond donors (Lipinski definition) is 1. The molecule has 0 radical (unpaired) electrons. The molecule has 2 aromatic carbocycles. The Balaban J connectivity index is 1.56. The van der Waals surface area contributed by atoms with E-state index in [9.17, 15) is 9.59 Å². The highest BCUT2D eigenvalue weighted by molar-refractivity contribution is 6.30. The average Bonchev–Trinajstić information content (AvgIpc) is 3.09. The maximum absolute atomic E-state index is 13.6. The van der Waals surface area contributed by atoms with Crippen molar-refractivity contribution in [2.45, 2.75) is 53.4 Å². The lowest BCUT2D eigenvalue weighted by atomic mass is 9.64. The fourth-order valence-electron chi connectivity index (χ4n) is 5.33. The Labute approximate surface area is 194 Å². The summed E-state index contributed by atoms with van der Waals surface area (Å²) in [6.07, 6.45) is 3.03. The Morgan fingerprint density at radius 2 is 1.69 bits per heavy atom. The van der Waals surface area contributed by atoms with Gasteiger partial charge in [0.05, 0.1) is 16.7 Å². The van der Waals surface area contributed by atoms with E-state index in [2.05, 4.69) is 38.2 Å². The largest absolute Gasteiger partial charge is 0.365 e. The first-order chi connectivity index (χ1) is 15.1. The zero-order chi connectivity index (χ0) is 23.1. The van der Waals surface area contributed by atoms with Crippen LogP contribution in [0.25, 0.3) is 0 Å². The van der Waals surface area contributed by atoms with Crippen LogP contribution in [0.3, 0.4) is 0 Å². The predicted molar refractivity (Wildman–Crippen MR) is 127 cm³/mol. The molecule has 0 heterocycles. The fourth-order valence-corrected chi connectivity index (χ4v) is 5.46. The van der Waals surface area contributed by atoms with Crippen LogP contribution >= 0.6 is 11.6 Å². The molecule has 6 heteroatoms. The van der Waals surface area contributed by atoms with E-state index in [0.29, 0.717) is 17.0 Å². The Kier molecular flexibility index (Phi) is 5.66. The molecule has 2 bridgehead atoms. The number of rotatable bonds is 5. The third kappa shape index (κ3) is 3.43. The van der Waals surface area contributed by atoms with E-state index >= 15 is 0 Å². The van der Waals surface area contributed by atoms with Gasteiger partial charge in [0.1, 0.15) is 0 Å². The van der Waals surface area contributed by atoms with Crippen LogP contribution in [-0.4, -0.2) is 17.6 Å². The number of benzene rings is 2. The molecule has 2 fully saturated rings. The lowest BCUT2D eigenvalue weighted by molar-refractivity contribution is -0.130. The topological polar surface area (TPSA) is 67.8 Å². The molecule has 5 nitrogen and oxygen atoms in total. The molecule has 0 saturated heterocycles. The van der Waals surface area contributed by atoms with E-state index in [1.807, 2.05) is 24.3 Å². The molecular formula is C26H29ClN2O3. The third-order valence-electron chi connectivity index (χ3n) is 8.11. The molecule has 1 N–H and O–H groups in total. The molecule has 1 amide bonds. The zero-order valence-electron chi connectivity index (χ0n) is 19.0. The zero-order valence-corrected chi connectivity index (χ0v) is 19.8. The van der Waals surface area contributed by atoms with Crippen LogP contribution in [0.2, 0.25) is 5.02 Å². The summed E-state index contributed by atoms with van der Waals surface area (Å²) in [6, 6.07) is 14.5. The third-order valence-corrected chi connectivity index (χ3v) is 8.36. The maximum Gasteiger partial charge on any atom is 0.365 e. The minimum absolute atomic E-state index is 0.00435. The van der Waals surface area contributed by atoms with Gasteiger partial charge >= 0.3 is 5.97 Å². The molecule has 2 aliphatic carbocycles. The highest BCUT2D eigenvalue weighted by Crippen LogP contribution is 2.71. The van der Waals surface area contributed by atoms with Crippen molar-refractivity contribution in [3.8, 4) is 0 Å². The standard InChI is InChI=1S/C26H29ClN2O3/c1-5-17-6-12-20(13-7-17)28-23(31)26-15-14-25(4,24(26,2)3)21(16-26)29-32-22(30)18-8-10-19(27)11-9-18/h6-13H,5,14-16H2,1-4H3,(H,28,31). The Morgan fingerprint density at radius 1 is 1.03 bits per heavy atom. The summed E-state index contributed by atoms with van der Waals surface area (Å²) in [4.78, 5) is 31.3. The SMILES string of the molecule is CCc1ccc(NC(=O)C23CCC(C)(C(=NOC(=O)c4ccc(Cl)cc4)C2)C3(C)C)cc1. The van der Waals surface area contributed by atoms with Crippen LogP contribution in [0.5, 0.6) is 0 Å². The summed E-state index contributed by atoms with van der Waals surface area (Å²) >= 11 is 5.89. The number of carbonyl (C=O) groups is 2. The fraction of sp³-hybridized carbons (Fsp3) is 0.423. The van der Waals surface area contributed by atoms with E-state index in [4.69, 9.17) is 16.4 Å². The summed E-state index contributed by atoms with van der Waals surface area (Å²) in [6.45, 7) is 8.49. The van der Waals surface area contributed by atoms with Gasteiger partial charge in [-0.25, -0.2) is 4.79 Å². The van der Waals surface area contributed by atoms with Crippen molar-refractivity contribution in [1.82, 2.24) is 0 Å². The molecule has 2 aliphatic rings. The van der Waals surface area contributed by atoms with Crippen molar-refractivity contribution in [1.29, 1.82) is 0 Å². The van der Waals surface area contributed by atoms with Gasteiger partial charge in [-0.2, -0.15) is 0 Å². The molecular weight excluding hydrogens is 424 g/mol. The van der Waals surface area contributed by atoms with Gasteiger partial charge in [-0.3, -0.25) is 4.79 Å². The maximum atomic E-state index is 13.6. The Bertz CT molecular complexity index is 1080. The van der Waals surface area contributed by atoms with Gasteiger partial charge in [0, 0.05) is 22.5 Å². The number of aryl methyl sites for hydroxylation is 1. The Morgan fingerprint density at radius 3 is 2.31 bits per heavy atom. The highest BCUT2D eigenvalue weighted by atomic mass is 35.5. The van der Waals surface area contributed by atoms with Crippen molar-refractivity contribution < 1.29 is 14.4 Å². The van der Waals surface area contributed by atoms with Gasteiger partial charge in [-0.1, -0.05) is 56.6 Å². The smallest absolute Gasteiger partial charge is 0.326 e. The Hall–Kier alpha value is -2.66. The van der Waals surface area contributed by atoms with Crippen LogP contribution in [-0.2, 0) is 16.1 Å². The van der Waals surface area contributed by atoms with Crippen molar-refractivity contribution >= 4 is 34.9 Å². The second-order valence-corrected chi connectivity index (χ2v) is 10.1. The van der Waals surface area contributed by atoms with Crippen molar-refractivity contribution in [2.75, 3.05) is 5.32 Å². The van der Waals surface area contributed by atoms with E-state index in [-0.39, 0.29) is 16.7 Å².